The molecule has 2 aromatic rings. The molecule has 0 radical (unpaired) electrons. The number of hydrogen-bond donors (Lipinski definition) is 1. The van der Waals surface area contributed by atoms with Crippen LogP contribution in [-0.4, -0.2) is 16.5 Å². The van der Waals surface area contributed by atoms with Crippen LogP contribution in [0, 0.1) is 0 Å². The Morgan fingerprint density at radius 1 is 1.38 bits per heavy atom. The number of nitrogens with zero attached hydrogens (tertiary/aromatic N) is 2. The molecule has 1 atom stereocenters. The summed E-state index contributed by atoms with van der Waals surface area (Å²) in [5.41, 5.74) is 5.75. The van der Waals surface area contributed by atoms with E-state index in [4.69, 9.17) is 17.3 Å². The van der Waals surface area contributed by atoms with Gasteiger partial charge in [0.1, 0.15) is 0 Å². The van der Waals surface area contributed by atoms with Crippen molar-refractivity contribution in [2.45, 2.75) is 10.4 Å². The first-order valence-corrected chi connectivity index (χ1v) is 6.76. The fourth-order valence-corrected chi connectivity index (χ4v) is 3.33. The lowest BCUT2D eigenvalue weighted by Gasteiger charge is -2.10. The van der Waals surface area contributed by atoms with Crippen molar-refractivity contribution < 1.29 is 0 Å². The molecule has 1 unspecified atom stereocenters. The summed E-state index contributed by atoms with van der Waals surface area (Å²) < 4.78 is 0.781. The molecule has 0 spiro atoms. The minimum absolute atomic E-state index is 0.167. The number of aromatic nitrogens is 2. The van der Waals surface area contributed by atoms with Crippen LogP contribution >= 0.6 is 34.7 Å². The highest BCUT2D eigenvalue weighted by molar-refractivity contribution is 7.99. The van der Waals surface area contributed by atoms with Gasteiger partial charge in [-0.3, -0.25) is 0 Å². The first-order chi connectivity index (χ1) is 7.79. The molecular formula is C10H10ClN3S2. The summed E-state index contributed by atoms with van der Waals surface area (Å²) in [4.78, 5) is 9.49. The van der Waals surface area contributed by atoms with Gasteiger partial charge in [0.05, 0.1) is 9.59 Å². The molecule has 0 fully saturated rings. The first-order valence-electron chi connectivity index (χ1n) is 4.68. The van der Waals surface area contributed by atoms with Gasteiger partial charge in [0.2, 0.25) is 0 Å². The van der Waals surface area contributed by atoms with Gasteiger partial charge in [-0.05, 0) is 18.2 Å². The molecule has 0 saturated carbocycles. The van der Waals surface area contributed by atoms with E-state index < -0.39 is 0 Å². The Bertz CT molecular complexity index is 446. The Kier molecular flexibility index (Phi) is 4.17. The van der Waals surface area contributed by atoms with E-state index in [0.717, 1.165) is 14.4 Å². The average molecular weight is 272 g/mol. The van der Waals surface area contributed by atoms with E-state index >= 15 is 0 Å². The van der Waals surface area contributed by atoms with Crippen molar-refractivity contribution in [2.24, 2.45) is 5.73 Å². The van der Waals surface area contributed by atoms with E-state index in [2.05, 4.69) is 9.97 Å². The molecular weight excluding hydrogens is 262 g/mol. The lowest BCUT2D eigenvalue weighted by atomic mass is 10.3. The number of halogens is 1. The van der Waals surface area contributed by atoms with E-state index in [9.17, 15) is 0 Å². The van der Waals surface area contributed by atoms with E-state index in [1.54, 1.807) is 41.6 Å². The highest BCUT2D eigenvalue weighted by atomic mass is 35.5. The molecule has 2 rings (SSSR count). The van der Waals surface area contributed by atoms with Crippen LogP contribution in [0.5, 0.6) is 0 Å². The Hall–Kier alpha value is -0.620. The van der Waals surface area contributed by atoms with E-state index in [1.165, 1.54) is 0 Å². The summed E-state index contributed by atoms with van der Waals surface area (Å²) in [5.74, 6) is 0. The number of nitrogens with two attached hydrogens (primary N) is 1. The lowest BCUT2D eigenvalue weighted by Crippen LogP contribution is -2.08. The second-order valence-electron chi connectivity index (χ2n) is 3.02. The molecule has 0 saturated heterocycles. The Morgan fingerprint density at radius 3 is 2.69 bits per heavy atom. The quantitative estimate of drug-likeness (QED) is 0.686. The maximum absolute atomic E-state index is 5.90. The summed E-state index contributed by atoms with van der Waals surface area (Å²) in [6, 6.07) is 5.68. The van der Waals surface area contributed by atoms with Crippen molar-refractivity contribution in [3.05, 3.63) is 39.8 Å². The van der Waals surface area contributed by atoms with Crippen LogP contribution in [0.25, 0.3) is 0 Å². The monoisotopic (exact) mass is 271 g/mol. The summed E-state index contributed by atoms with van der Waals surface area (Å²) >= 11 is 9.01. The first kappa shape index (κ1) is 11.9. The third-order valence-corrected chi connectivity index (χ3v) is 4.56. The summed E-state index contributed by atoms with van der Waals surface area (Å²) in [7, 11) is 0. The highest BCUT2D eigenvalue weighted by Gasteiger charge is 2.14. The maximum atomic E-state index is 5.90. The van der Waals surface area contributed by atoms with Crippen LogP contribution in [0.2, 0.25) is 4.34 Å². The molecule has 2 aromatic heterocycles. The molecule has 0 aromatic carbocycles. The largest absolute Gasteiger partial charge is 0.329 e. The maximum Gasteiger partial charge on any atom is 0.188 e. The zero-order chi connectivity index (χ0) is 11.4. The molecule has 84 valence electrons. The summed E-state index contributed by atoms with van der Waals surface area (Å²) in [6.07, 6.45) is 3.45. The van der Waals surface area contributed by atoms with Crippen molar-refractivity contribution in [2.75, 3.05) is 6.54 Å². The highest BCUT2D eigenvalue weighted by Crippen LogP contribution is 2.37. The van der Waals surface area contributed by atoms with Gasteiger partial charge in [-0.15, -0.1) is 11.3 Å². The molecule has 3 nitrogen and oxygen atoms in total. The molecule has 0 aliphatic heterocycles. The van der Waals surface area contributed by atoms with Crippen molar-refractivity contribution >= 4 is 34.7 Å². The van der Waals surface area contributed by atoms with Gasteiger partial charge in [-0.1, -0.05) is 23.4 Å². The predicted molar refractivity (Wildman–Crippen MR) is 69.0 cm³/mol. The van der Waals surface area contributed by atoms with E-state index in [1.807, 2.05) is 12.1 Å². The van der Waals surface area contributed by atoms with Crippen LogP contribution in [0.1, 0.15) is 10.1 Å². The molecule has 6 heteroatoms. The predicted octanol–water partition coefficient (Wildman–Crippen LogP) is 2.98. The van der Waals surface area contributed by atoms with E-state index in [0.29, 0.717) is 6.54 Å². The average Bonchev–Trinajstić information content (AvgIpc) is 2.74. The smallest absolute Gasteiger partial charge is 0.188 e. The molecule has 16 heavy (non-hydrogen) atoms. The van der Waals surface area contributed by atoms with Crippen molar-refractivity contribution in [3.8, 4) is 0 Å². The molecule has 2 heterocycles. The fourth-order valence-electron chi connectivity index (χ4n) is 1.20. The molecule has 2 N–H and O–H groups in total. The molecule has 0 aliphatic rings. The minimum atomic E-state index is 0.167. The number of thioether (sulfide) groups is 1. The van der Waals surface area contributed by atoms with Crippen LogP contribution in [-0.2, 0) is 0 Å². The standard InChI is InChI=1S/C10H10ClN3S2/c11-9-3-2-7(15-9)8(6-12)16-10-13-4-1-5-14-10/h1-5,8H,6,12H2. The number of rotatable bonds is 4. The van der Waals surface area contributed by atoms with E-state index in [-0.39, 0.29) is 5.25 Å². The van der Waals surface area contributed by atoms with Crippen molar-refractivity contribution in [3.63, 3.8) is 0 Å². The zero-order valence-corrected chi connectivity index (χ0v) is 10.7. The van der Waals surface area contributed by atoms with Gasteiger partial charge < -0.3 is 5.73 Å². The SMILES string of the molecule is NCC(Sc1ncccn1)c1ccc(Cl)s1. The van der Waals surface area contributed by atoms with Gasteiger partial charge in [0.15, 0.2) is 5.16 Å². The Labute approximate surface area is 107 Å². The number of hydrogen-bond acceptors (Lipinski definition) is 5. The topological polar surface area (TPSA) is 51.8 Å². The van der Waals surface area contributed by atoms with Crippen molar-refractivity contribution in [1.29, 1.82) is 0 Å². The Balaban J connectivity index is 2.12. The fraction of sp³-hybridized carbons (Fsp3) is 0.200. The third-order valence-electron chi connectivity index (χ3n) is 1.92. The normalized spacial score (nSPS) is 12.6. The summed E-state index contributed by atoms with van der Waals surface area (Å²) in [6.45, 7) is 0.541. The molecule has 0 bridgehead atoms. The van der Waals surface area contributed by atoms with Gasteiger partial charge >= 0.3 is 0 Å². The number of thiophene rings is 1. The summed E-state index contributed by atoms with van der Waals surface area (Å²) in [5, 5.41) is 0.905. The molecule has 0 aliphatic carbocycles. The third kappa shape index (κ3) is 2.95. The Morgan fingerprint density at radius 2 is 2.12 bits per heavy atom. The van der Waals surface area contributed by atoms with Gasteiger partial charge in [-0.25, -0.2) is 9.97 Å². The minimum Gasteiger partial charge on any atom is -0.329 e. The zero-order valence-electron chi connectivity index (χ0n) is 8.34. The van der Waals surface area contributed by atoms with Gasteiger partial charge in [0.25, 0.3) is 0 Å². The van der Waals surface area contributed by atoms with Gasteiger partial charge in [-0.2, -0.15) is 0 Å². The van der Waals surface area contributed by atoms with Crippen molar-refractivity contribution in [1.82, 2.24) is 9.97 Å². The lowest BCUT2D eigenvalue weighted by molar-refractivity contribution is 0.920. The van der Waals surface area contributed by atoms with Crippen LogP contribution in [0.15, 0.2) is 35.7 Å². The van der Waals surface area contributed by atoms with Crippen LogP contribution in [0.3, 0.4) is 0 Å². The molecule has 0 amide bonds. The van der Waals surface area contributed by atoms with Crippen LogP contribution < -0.4 is 5.73 Å². The van der Waals surface area contributed by atoms with Gasteiger partial charge in [0, 0.05) is 23.8 Å². The van der Waals surface area contributed by atoms with Crippen LogP contribution in [0.4, 0.5) is 0 Å². The second kappa shape index (κ2) is 5.63. The second-order valence-corrected chi connectivity index (χ2v) is 5.93.